The lowest BCUT2D eigenvalue weighted by Gasteiger charge is -2.23. The molecule has 1 saturated carbocycles. The van der Waals surface area contributed by atoms with Crippen molar-refractivity contribution in [1.82, 2.24) is 30.4 Å². The highest BCUT2D eigenvalue weighted by atomic mass is 35.5. The van der Waals surface area contributed by atoms with Gasteiger partial charge in [-0.15, -0.1) is 17.5 Å². The van der Waals surface area contributed by atoms with Gasteiger partial charge >= 0.3 is 0 Å². The van der Waals surface area contributed by atoms with E-state index in [1.54, 1.807) is 0 Å². The highest BCUT2D eigenvalue weighted by Gasteiger charge is 2.31. The lowest BCUT2D eigenvalue weighted by molar-refractivity contribution is 0.240. The Kier molecular flexibility index (Phi) is 3.73. The smallest absolute Gasteiger partial charge is 0.165 e. The quantitative estimate of drug-likeness (QED) is 0.888. The van der Waals surface area contributed by atoms with Crippen LogP contribution in [0.15, 0.2) is 0 Å². The summed E-state index contributed by atoms with van der Waals surface area (Å²) in [5.41, 5.74) is 0. The molecule has 3 heterocycles. The maximum Gasteiger partial charge on any atom is 0.165 e. The number of halogens is 1. The summed E-state index contributed by atoms with van der Waals surface area (Å²) in [7, 11) is 0. The fourth-order valence-electron chi connectivity index (χ4n) is 3.28. The number of rotatable bonds is 3. The van der Waals surface area contributed by atoms with Crippen LogP contribution >= 0.6 is 12.4 Å². The molecule has 106 valence electrons. The first-order valence-electron chi connectivity index (χ1n) is 7.13. The number of aromatic nitrogens is 4. The van der Waals surface area contributed by atoms with Crippen molar-refractivity contribution in [2.45, 2.75) is 56.8 Å². The van der Waals surface area contributed by atoms with Crippen LogP contribution in [-0.4, -0.2) is 50.3 Å². The number of likely N-dealkylation sites (tertiary alicyclic amines) is 1. The Morgan fingerprint density at radius 1 is 1.11 bits per heavy atom. The van der Waals surface area contributed by atoms with E-state index in [0.717, 1.165) is 25.0 Å². The topological polar surface area (TPSA) is 58.9 Å². The molecule has 2 bridgehead atoms. The van der Waals surface area contributed by atoms with Crippen LogP contribution < -0.4 is 5.32 Å². The molecule has 0 spiro atoms. The summed E-state index contributed by atoms with van der Waals surface area (Å²) in [6, 6.07) is 2.01. The number of tetrazole rings is 1. The fraction of sp³-hybridized carbons (Fsp3) is 0.917. The minimum absolute atomic E-state index is 0. The lowest BCUT2D eigenvalue weighted by Crippen LogP contribution is -2.35. The van der Waals surface area contributed by atoms with Crippen LogP contribution in [0.25, 0.3) is 0 Å². The monoisotopic (exact) mass is 284 g/mol. The van der Waals surface area contributed by atoms with Crippen molar-refractivity contribution in [2.24, 2.45) is 0 Å². The zero-order valence-corrected chi connectivity index (χ0v) is 11.8. The SMILES string of the molecule is C1CC2CN(Cc3nnnn3C3CC3)CCC1N2.Cl. The Morgan fingerprint density at radius 2 is 1.95 bits per heavy atom. The van der Waals surface area contributed by atoms with Gasteiger partial charge in [-0.3, -0.25) is 4.90 Å². The van der Waals surface area contributed by atoms with Crippen LogP contribution in [0.4, 0.5) is 0 Å². The molecular formula is C12H21ClN6. The van der Waals surface area contributed by atoms with E-state index in [-0.39, 0.29) is 12.4 Å². The molecule has 2 aliphatic heterocycles. The predicted molar refractivity (Wildman–Crippen MR) is 73.2 cm³/mol. The minimum atomic E-state index is 0. The van der Waals surface area contributed by atoms with Crippen molar-refractivity contribution >= 4 is 12.4 Å². The third kappa shape index (κ3) is 2.75. The van der Waals surface area contributed by atoms with Gasteiger partial charge in [0, 0.05) is 25.2 Å². The summed E-state index contributed by atoms with van der Waals surface area (Å²) in [6.07, 6.45) is 6.43. The Bertz CT molecular complexity index is 432. The van der Waals surface area contributed by atoms with E-state index in [4.69, 9.17) is 0 Å². The zero-order valence-electron chi connectivity index (χ0n) is 11.0. The largest absolute Gasteiger partial charge is 0.310 e. The van der Waals surface area contributed by atoms with Crippen molar-refractivity contribution in [3.8, 4) is 0 Å². The molecule has 4 rings (SSSR count). The van der Waals surface area contributed by atoms with E-state index in [0.29, 0.717) is 12.1 Å². The van der Waals surface area contributed by atoms with Gasteiger partial charge in [0.2, 0.25) is 0 Å². The van der Waals surface area contributed by atoms with E-state index in [2.05, 4.69) is 25.7 Å². The molecule has 2 atom stereocenters. The van der Waals surface area contributed by atoms with E-state index in [1.807, 2.05) is 4.68 Å². The molecule has 6 nitrogen and oxygen atoms in total. The van der Waals surface area contributed by atoms with Gasteiger partial charge in [-0.05, 0) is 42.5 Å². The molecular weight excluding hydrogens is 264 g/mol. The molecule has 19 heavy (non-hydrogen) atoms. The molecule has 1 aliphatic carbocycles. The fourth-order valence-corrected chi connectivity index (χ4v) is 3.28. The summed E-state index contributed by atoms with van der Waals surface area (Å²) in [6.45, 7) is 3.23. The summed E-state index contributed by atoms with van der Waals surface area (Å²) in [5.74, 6) is 1.05. The summed E-state index contributed by atoms with van der Waals surface area (Å²) in [5, 5.41) is 15.9. The van der Waals surface area contributed by atoms with Gasteiger partial charge in [0.25, 0.3) is 0 Å². The van der Waals surface area contributed by atoms with E-state index in [9.17, 15) is 0 Å². The van der Waals surface area contributed by atoms with Crippen LogP contribution in [0, 0.1) is 0 Å². The molecule has 0 radical (unpaired) electrons. The van der Waals surface area contributed by atoms with Crippen molar-refractivity contribution < 1.29 is 0 Å². The first-order chi connectivity index (χ1) is 8.88. The summed E-state index contributed by atoms with van der Waals surface area (Å²) in [4.78, 5) is 2.52. The molecule has 3 aliphatic rings. The lowest BCUT2D eigenvalue weighted by atomic mass is 10.1. The Balaban J connectivity index is 0.00000110. The molecule has 2 saturated heterocycles. The molecule has 1 aromatic heterocycles. The maximum absolute atomic E-state index is 4.20. The Morgan fingerprint density at radius 3 is 2.79 bits per heavy atom. The van der Waals surface area contributed by atoms with Gasteiger partial charge in [0.15, 0.2) is 5.82 Å². The second-order valence-electron chi connectivity index (χ2n) is 5.93. The van der Waals surface area contributed by atoms with Crippen molar-refractivity contribution in [3.63, 3.8) is 0 Å². The number of nitrogens with zero attached hydrogens (tertiary/aromatic N) is 5. The van der Waals surface area contributed by atoms with E-state index in [1.165, 1.54) is 38.6 Å². The van der Waals surface area contributed by atoms with E-state index >= 15 is 0 Å². The van der Waals surface area contributed by atoms with Crippen molar-refractivity contribution in [2.75, 3.05) is 13.1 Å². The van der Waals surface area contributed by atoms with Crippen LogP contribution in [0.3, 0.4) is 0 Å². The third-order valence-electron chi connectivity index (χ3n) is 4.43. The minimum Gasteiger partial charge on any atom is -0.310 e. The predicted octanol–water partition coefficient (Wildman–Crippen LogP) is 0.756. The van der Waals surface area contributed by atoms with Crippen LogP contribution in [-0.2, 0) is 6.54 Å². The van der Waals surface area contributed by atoms with E-state index < -0.39 is 0 Å². The molecule has 7 heteroatoms. The molecule has 1 aromatic rings. The van der Waals surface area contributed by atoms with Gasteiger partial charge in [-0.1, -0.05) is 0 Å². The van der Waals surface area contributed by atoms with Gasteiger partial charge in [-0.2, -0.15) is 0 Å². The third-order valence-corrected chi connectivity index (χ3v) is 4.43. The standard InChI is InChI=1S/C12H20N6.ClH/c1-2-10-7-17(6-5-9(1)13-10)8-12-14-15-16-18(12)11-3-4-11;/h9-11,13H,1-8H2;1H. The number of hydrogen-bond donors (Lipinski definition) is 1. The van der Waals surface area contributed by atoms with Gasteiger partial charge < -0.3 is 5.32 Å². The highest BCUT2D eigenvalue weighted by molar-refractivity contribution is 5.85. The highest BCUT2D eigenvalue weighted by Crippen LogP contribution is 2.34. The second-order valence-corrected chi connectivity index (χ2v) is 5.93. The van der Waals surface area contributed by atoms with Crippen LogP contribution in [0.1, 0.15) is 44.0 Å². The Hall–Kier alpha value is -0.720. The second kappa shape index (κ2) is 5.34. The normalized spacial score (nSPS) is 30.9. The van der Waals surface area contributed by atoms with Crippen molar-refractivity contribution in [3.05, 3.63) is 5.82 Å². The van der Waals surface area contributed by atoms with Gasteiger partial charge in [0.05, 0.1) is 12.6 Å². The molecule has 3 fully saturated rings. The summed E-state index contributed by atoms with van der Waals surface area (Å²) < 4.78 is 2.04. The van der Waals surface area contributed by atoms with Crippen LogP contribution in [0.5, 0.6) is 0 Å². The molecule has 2 unspecified atom stereocenters. The molecule has 0 amide bonds. The average Bonchev–Trinajstić information content (AvgIpc) is 2.99. The molecule has 0 aromatic carbocycles. The first-order valence-corrected chi connectivity index (χ1v) is 7.13. The maximum atomic E-state index is 4.20. The van der Waals surface area contributed by atoms with Gasteiger partial charge in [-0.25, -0.2) is 4.68 Å². The Labute approximate surface area is 119 Å². The average molecular weight is 285 g/mol. The number of fused-ring (bicyclic) bond motifs is 2. The summed E-state index contributed by atoms with van der Waals surface area (Å²) >= 11 is 0. The first kappa shape index (κ1) is 13.3. The molecule has 1 N–H and O–H groups in total. The van der Waals surface area contributed by atoms with Crippen molar-refractivity contribution in [1.29, 1.82) is 0 Å². The zero-order chi connectivity index (χ0) is 11.9. The number of nitrogens with one attached hydrogen (secondary N) is 1. The van der Waals surface area contributed by atoms with Gasteiger partial charge in [0.1, 0.15) is 0 Å². The number of hydrogen-bond acceptors (Lipinski definition) is 5. The van der Waals surface area contributed by atoms with Crippen LogP contribution in [0.2, 0.25) is 0 Å².